The van der Waals surface area contributed by atoms with Gasteiger partial charge in [0.1, 0.15) is 4.34 Å². The highest BCUT2D eigenvalue weighted by atomic mass is 32.2. The van der Waals surface area contributed by atoms with Crippen LogP contribution in [0.2, 0.25) is 0 Å². The van der Waals surface area contributed by atoms with Crippen LogP contribution >= 0.6 is 35.3 Å². The number of carbonyl (C=O) groups is 1. The first-order valence-electron chi connectivity index (χ1n) is 8.68. The second-order valence-electron chi connectivity index (χ2n) is 6.47. The van der Waals surface area contributed by atoms with Gasteiger partial charge >= 0.3 is 0 Å². The van der Waals surface area contributed by atoms with Crippen molar-refractivity contribution in [2.24, 2.45) is 0 Å². The molecule has 0 unspecified atom stereocenters. The summed E-state index contributed by atoms with van der Waals surface area (Å²) < 4.78 is 3.70. The lowest BCUT2D eigenvalue weighted by Crippen LogP contribution is -2.24. The van der Waals surface area contributed by atoms with Crippen molar-refractivity contribution in [1.29, 1.82) is 0 Å². The minimum absolute atomic E-state index is 0.110. The van der Waals surface area contributed by atoms with E-state index < -0.39 is 0 Å². The molecule has 2 N–H and O–H groups in total. The summed E-state index contributed by atoms with van der Waals surface area (Å²) in [6, 6.07) is 8.12. The zero-order valence-corrected chi connectivity index (χ0v) is 17.2. The number of thioether (sulfide) groups is 1. The maximum absolute atomic E-state index is 12.4. The van der Waals surface area contributed by atoms with Crippen LogP contribution in [0.25, 0.3) is 0 Å². The summed E-state index contributed by atoms with van der Waals surface area (Å²) in [6.07, 6.45) is 2.24. The maximum atomic E-state index is 12.4. The number of rotatable bonds is 7. The van der Waals surface area contributed by atoms with Crippen LogP contribution in [-0.4, -0.2) is 25.7 Å². The van der Waals surface area contributed by atoms with E-state index in [1.807, 2.05) is 35.8 Å². The summed E-state index contributed by atoms with van der Waals surface area (Å²) in [5, 5.41) is 12.0. The number of amides is 1. The average Bonchev–Trinajstić information content (AvgIpc) is 3.32. The van der Waals surface area contributed by atoms with Crippen molar-refractivity contribution in [2.75, 3.05) is 0 Å². The van der Waals surface area contributed by atoms with Crippen molar-refractivity contribution < 1.29 is 4.79 Å². The standard InChI is InChI=1S/C18H19N5OS3/c1-11-9-26-18(20-11)27-10-12-2-4-13(5-3-12)16(24)19-8-15-21-22-17(25)23(15)14-6-7-14/h2-5,9,14H,6-8,10H2,1H3,(H,19,24)(H,22,25). The fourth-order valence-corrected chi connectivity index (χ4v) is 4.83. The molecule has 0 spiro atoms. The van der Waals surface area contributed by atoms with Gasteiger partial charge in [0, 0.05) is 28.4 Å². The Bertz CT molecular complexity index is 1000. The lowest BCUT2D eigenvalue weighted by molar-refractivity contribution is 0.0949. The Morgan fingerprint density at radius 2 is 2.19 bits per heavy atom. The summed E-state index contributed by atoms with van der Waals surface area (Å²) in [6.45, 7) is 2.36. The van der Waals surface area contributed by atoms with Gasteiger partial charge in [0.2, 0.25) is 0 Å². The van der Waals surface area contributed by atoms with E-state index >= 15 is 0 Å². The molecule has 0 aliphatic heterocycles. The van der Waals surface area contributed by atoms with E-state index in [-0.39, 0.29) is 5.91 Å². The Labute approximate surface area is 170 Å². The van der Waals surface area contributed by atoms with Gasteiger partial charge in [0.25, 0.3) is 5.91 Å². The molecular weight excluding hydrogens is 398 g/mol. The maximum Gasteiger partial charge on any atom is 0.251 e. The van der Waals surface area contributed by atoms with Crippen molar-refractivity contribution in [1.82, 2.24) is 25.1 Å². The van der Waals surface area contributed by atoms with E-state index in [4.69, 9.17) is 12.2 Å². The third-order valence-corrected chi connectivity index (χ3v) is 6.77. The number of carbonyl (C=O) groups excluding carboxylic acids is 1. The second-order valence-corrected chi connectivity index (χ2v) is 8.94. The first kappa shape index (κ1) is 18.4. The number of aromatic amines is 1. The van der Waals surface area contributed by atoms with Gasteiger partial charge in [-0.05, 0) is 49.7 Å². The number of hydrogen-bond donors (Lipinski definition) is 2. The molecule has 1 aliphatic rings. The Balaban J connectivity index is 1.33. The summed E-state index contributed by atoms with van der Waals surface area (Å²) in [5.74, 6) is 1.51. The van der Waals surface area contributed by atoms with Crippen molar-refractivity contribution >= 4 is 41.2 Å². The molecule has 1 amide bonds. The zero-order chi connectivity index (χ0) is 18.8. The molecule has 0 radical (unpaired) electrons. The number of aromatic nitrogens is 4. The summed E-state index contributed by atoms with van der Waals surface area (Å²) >= 11 is 8.64. The molecule has 4 rings (SSSR count). The van der Waals surface area contributed by atoms with Gasteiger partial charge in [-0.2, -0.15) is 5.10 Å². The van der Waals surface area contributed by atoms with E-state index in [9.17, 15) is 4.79 Å². The van der Waals surface area contributed by atoms with Crippen molar-refractivity contribution in [3.63, 3.8) is 0 Å². The third kappa shape index (κ3) is 4.48. The molecule has 140 valence electrons. The van der Waals surface area contributed by atoms with Crippen LogP contribution in [0.15, 0.2) is 34.0 Å². The highest BCUT2D eigenvalue weighted by molar-refractivity contribution is 8.00. The smallest absolute Gasteiger partial charge is 0.251 e. The SMILES string of the molecule is Cc1csc(SCc2ccc(C(=O)NCc3n[nH]c(=S)n3C3CC3)cc2)n1. The van der Waals surface area contributed by atoms with Crippen LogP contribution in [-0.2, 0) is 12.3 Å². The summed E-state index contributed by atoms with van der Waals surface area (Å²) in [5.41, 5.74) is 2.86. The molecule has 1 fully saturated rings. The third-order valence-electron chi connectivity index (χ3n) is 4.27. The molecule has 1 saturated carbocycles. The van der Waals surface area contributed by atoms with Gasteiger partial charge in [0.05, 0.1) is 6.54 Å². The van der Waals surface area contributed by atoms with Crippen LogP contribution in [0.1, 0.15) is 46.3 Å². The van der Waals surface area contributed by atoms with Crippen LogP contribution < -0.4 is 5.32 Å². The fraction of sp³-hybridized carbons (Fsp3) is 0.333. The van der Waals surface area contributed by atoms with E-state index in [1.54, 1.807) is 23.1 Å². The lowest BCUT2D eigenvalue weighted by Gasteiger charge is -2.07. The number of nitrogens with zero attached hydrogens (tertiary/aromatic N) is 3. The number of thiazole rings is 1. The van der Waals surface area contributed by atoms with Gasteiger partial charge in [-0.15, -0.1) is 11.3 Å². The number of H-pyrrole nitrogens is 1. The molecule has 0 bridgehead atoms. The molecule has 1 aromatic carbocycles. The van der Waals surface area contributed by atoms with Crippen LogP contribution in [0.5, 0.6) is 0 Å². The van der Waals surface area contributed by atoms with E-state index in [0.717, 1.165) is 34.5 Å². The highest BCUT2D eigenvalue weighted by Gasteiger charge is 2.27. The summed E-state index contributed by atoms with van der Waals surface area (Å²) in [4.78, 5) is 16.9. The molecule has 2 heterocycles. The van der Waals surface area contributed by atoms with Crippen molar-refractivity contribution in [2.45, 2.75) is 42.4 Å². The largest absolute Gasteiger partial charge is 0.345 e. The van der Waals surface area contributed by atoms with Gasteiger partial charge < -0.3 is 5.32 Å². The molecule has 27 heavy (non-hydrogen) atoms. The van der Waals surface area contributed by atoms with Crippen LogP contribution in [0.4, 0.5) is 0 Å². The van der Waals surface area contributed by atoms with E-state index in [0.29, 0.717) is 22.9 Å². The number of benzene rings is 1. The molecule has 2 aromatic heterocycles. The van der Waals surface area contributed by atoms with Gasteiger partial charge in [-0.3, -0.25) is 14.5 Å². The number of nitrogens with one attached hydrogen (secondary N) is 2. The monoisotopic (exact) mass is 417 g/mol. The fourth-order valence-electron chi connectivity index (χ4n) is 2.73. The quantitative estimate of drug-likeness (QED) is 0.444. The Morgan fingerprint density at radius 1 is 1.41 bits per heavy atom. The minimum atomic E-state index is -0.110. The molecular formula is C18H19N5OS3. The lowest BCUT2D eigenvalue weighted by atomic mass is 10.1. The number of hydrogen-bond acceptors (Lipinski definition) is 6. The molecule has 1 aliphatic carbocycles. The Morgan fingerprint density at radius 3 is 2.85 bits per heavy atom. The predicted octanol–water partition coefficient (Wildman–Crippen LogP) is 4.26. The molecule has 0 saturated heterocycles. The Kier molecular flexibility index (Phi) is 5.42. The number of aryl methyl sites for hydroxylation is 1. The topological polar surface area (TPSA) is 75.6 Å². The molecule has 0 atom stereocenters. The average molecular weight is 418 g/mol. The van der Waals surface area contributed by atoms with Crippen molar-refractivity contribution in [3.05, 3.63) is 57.1 Å². The first-order chi connectivity index (χ1) is 13.1. The van der Waals surface area contributed by atoms with Gasteiger partial charge in [-0.1, -0.05) is 23.9 Å². The van der Waals surface area contributed by atoms with E-state index in [2.05, 4.69) is 25.9 Å². The highest BCUT2D eigenvalue weighted by Crippen LogP contribution is 2.35. The first-order valence-corrected chi connectivity index (χ1v) is 11.0. The summed E-state index contributed by atoms with van der Waals surface area (Å²) in [7, 11) is 0. The van der Waals surface area contributed by atoms with Gasteiger partial charge in [0.15, 0.2) is 10.6 Å². The van der Waals surface area contributed by atoms with Crippen molar-refractivity contribution in [3.8, 4) is 0 Å². The molecule has 6 nitrogen and oxygen atoms in total. The minimum Gasteiger partial charge on any atom is -0.345 e. The molecule has 9 heteroatoms. The van der Waals surface area contributed by atoms with E-state index in [1.165, 1.54) is 5.56 Å². The van der Waals surface area contributed by atoms with Gasteiger partial charge in [-0.25, -0.2) is 4.98 Å². The second kappa shape index (κ2) is 7.95. The predicted molar refractivity (Wildman–Crippen MR) is 110 cm³/mol. The van der Waals surface area contributed by atoms with Crippen LogP contribution in [0.3, 0.4) is 0 Å². The normalized spacial score (nSPS) is 13.7. The molecule has 3 aromatic rings. The van der Waals surface area contributed by atoms with Crippen LogP contribution in [0, 0.1) is 11.7 Å². The zero-order valence-electron chi connectivity index (χ0n) is 14.8. The Hall–Kier alpha value is -1.97.